The number of hydrogen-bond donors (Lipinski definition) is 0. The second kappa shape index (κ2) is 12.7. The molecule has 1 fully saturated rings. The maximum absolute atomic E-state index is 13.2. The Bertz CT molecular complexity index is 1250. The summed E-state index contributed by atoms with van der Waals surface area (Å²) in [7, 11) is 3.21. The van der Waals surface area contributed by atoms with E-state index in [9.17, 15) is 9.59 Å². The maximum atomic E-state index is 13.2. The van der Waals surface area contributed by atoms with Crippen LogP contribution in [0.15, 0.2) is 73.3 Å². The van der Waals surface area contributed by atoms with Crippen LogP contribution < -0.4 is 14.4 Å². The molecule has 2 aromatic carbocycles. The molecule has 0 aliphatic carbocycles. The first-order valence-electron chi connectivity index (χ1n) is 12.6. The zero-order valence-corrected chi connectivity index (χ0v) is 21.9. The smallest absolute Gasteiger partial charge is 0.254 e. The third-order valence-electron chi connectivity index (χ3n) is 6.49. The van der Waals surface area contributed by atoms with E-state index in [1.54, 1.807) is 44.6 Å². The third kappa shape index (κ3) is 6.47. The molecule has 2 heterocycles. The van der Waals surface area contributed by atoms with Crippen molar-refractivity contribution in [2.45, 2.75) is 6.42 Å². The van der Waals surface area contributed by atoms with Crippen molar-refractivity contribution in [1.82, 2.24) is 20.0 Å². The molecular weight excluding hydrogens is 482 g/mol. The van der Waals surface area contributed by atoms with Crippen LogP contribution >= 0.6 is 0 Å². The van der Waals surface area contributed by atoms with Crippen molar-refractivity contribution >= 4 is 17.6 Å². The van der Waals surface area contributed by atoms with Crippen LogP contribution in [-0.4, -0.2) is 85.3 Å². The first-order valence-corrected chi connectivity index (χ1v) is 12.6. The average molecular weight is 516 g/mol. The van der Waals surface area contributed by atoms with E-state index in [1.165, 1.54) is 4.90 Å². The highest BCUT2D eigenvalue weighted by Crippen LogP contribution is 2.23. The second-order valence-corrected chi connectivity index (χ2v) is 8.93. The van der Waals surface area contributed by atoms with Crippen molar-refractivity contribution in [3.63, 3.8) is 0 Å². The summed E-state index contributed by atoms with van der Waals surface area (Å²) >= 11 is 0. The fourth-order valence-corrected chi connectivity index (χ4v) is 4.38. The highest BCUT2D eigenvalue weighted by molar-refractivity contribution is 5.96. The number of aromatic nitrogens is 2. The highest BCUT2D eigenvalue weighted by Gasteiger charge is 2.24. The molecule has 9 nitrogen and oxygen atoms in total. The Labute approximate surface area is 223 Å². The van der Waals surface area contributed by atoms with Gasteiger partial charge >= 0.3 is 0 Å². The third-order valence-corrected chi connectivity index (χ3v) is 6.49. The number of ether oxygens (including phenoxy) is 2. The van der Waals surface area contributed by atoms with Crippen molar-refractivity contribution in [1.29, 1.82) is 0 Å². The number of carbonyl (C=O) groups is 2. The molecule has 9 heteroatoms. The van der Waals surface area contributed by atoms with E-state index in [0.717, 1.165) is 35.8 Å². The maximum Gasteiger partial charge on any atom is 0.254 e. The molecule has 198 valence electrons. The second-order valence-electron chi connectivity index (χ2n) is 8.93. The van der Waals surface area contributed by atoms with Crippen LogP contribution in [0.1, 0.15) is 16.8 Å². The van der Waals surface area contributed by atoms with Gasteiger partial charge in [0.25, 0.3) is 5.91 Å². The number of amides is 2. The van der Waals surface area contributed by atoms with Gasteiger partial charge in [-0.25, -0.2) is 0 Å². The summed E-state index contributed by atoms with van der Waals surface area (Å²) in [5, 5.41) is 8.86. The van der Waals surface area contributed by atoms with Crippen LogP contribution in [0, 0.1) is 0 Å². The topological polar surface area (TPSA) is 88.1 Å². The first kappa shape index (κ1) is 26.7. The number of benzene rings is 2. The van der Waals surface area contributed by atoms with Crippen molar-refractivity contribution in [2.24, 2.45) is 0 Å². The Morgan fingerprint density at radius 3 is 2.42 bits per heavy atom. The van der Waals surface area contributed by atoms with Crippen LogP contribution in [-0.2, 0) is 4.79 Å². The van der Waals surface area contributed by atoms with E-state index in [2.05, 4.69) is 21.7 Å². The van der Waals surface area contributed by atoms with Gasteiger partial charge in [0, 0.05) is 43.9 Å². The van der Waals surface area contributed by atoms with Crippen LogP contribution in [0.3, 0.4) is 0 Å². The van der Waals surface area contributed by atoms with Gasteiger partial charge < -0.3 is 24.2 Å². The summed E-state index contributed by atoms with van der Waals surface area (Å²) in [6, 6.07) is 18.5. The van der Waals surface area contributed by atoms with Gasteiger partial charge in [0.2, 0.25) is 5.91 Å². The summed E-state index contributed by atoms with van der Waals surface area (Å²) in [6.07, 6.45) is 2.42. The molecule has 4 rings (SSSR count). The van der Waals surface area contributed by atoms with Crippen LogP contribution in [0.25, 0.3) is 11.3 Å². The van der Waals surface area contributed by atoms with Crippen molar-refractivity contribution < 1.29 is 19.1 Å². The van der Waals surface area contributed by atoms with Gasteiger partial charge in [0.05, 0.1) is 19.9 Å². The van der Waals surface area contributed by atoms with Crippen molar-refractivity contribution in [3.8, 4) is 22.8 Å². The predicted molar refractivity (Wildman–Crippen MR) is 147 cm³/mol. The van der Waals surface area contributed by atoms with E-state index >= 15 is 0 Å². The quantitative estimate of drug-likeness (QED) is 0.403. The summed E-state index contributed by atoms with van der Waals surface area (Å²) in [4.78, 5) is 31.7. The van der Waals surface area contributed by atoms with Crippen molar-refractivity contribution in [2.75, 3.05) is 58.4 Å². The molecule has 1 aliphatic heterocycles. The lowest BCUT2D eigenvalue weighted by molar-refractivity contribution is -0.131. The van der Waals surface area contributed by atoms with Crippen molar-refractivity contribution in [3.05, 3.63) is 78.9 Å². The SMILES string of the molecule is C=CCN(CC(=O)N1CCCN(c2ccc(-c3cccc(OC)c3)nn2)CC1)C(=O)c1ccc(OC)cc1. The Morgan fingerprint density at radius 1 is 0.947 bits per heavy atom. The molecule has 0 spiro atoms. The van der Waals surface area contributed by atoms with E-state index in [0.29, 0.717) is 30.9 Å². The molecule has 0 unspecified atom stereocenters. The number of methoxy groups -OCH3 is 2. The Morgan fingerprint density at radius 2 is 1.74 bits per heavy atom. The van der Waals surface area contributed by atoms with Crippen LogP contribution in [0.4, 0.5) is 5.82 Å². The predicted octanol–water partition coefficient (Wildman–Crippen LogP) is 3.53. The molecule has 0 radical (unpaired) electrons. The highest BCUT2D eigenvalue weighted by atomic mass is 16.5. The van der Waals surface area contributed by atoms with Gasteiger partial charge in [-0.2, -0.15) is 0 Å². The standard InChI is InChI=1S/C29H33N5O4/c1-4-15-34(29(36)22-9-11-24(37-2)12-10-22)21-28(35)33-17-6-16-32(18-19-33)27-14-13-26(30-31-27)23-7-5-8-25(20-23)38-3/h4-5,7-14,20H,1,6,15-19,21H2,2-3H3. The number of carbonyl (C=O) groups excluding carboxylic acids is 2. The van der Waals surface area contributed by atoms with Gasteiger partial charge in [-0.3, -0.25) is 9.59 Å². The largest absolute Gasteiger partial charge is 0.497 e. The minimum absolute atomic E-state index is 0.00801. The monoisotopic (exact) mass is 515 g/mol. The zero-order valence-electron chi connectivity index (χ0n) is 21.9. The molecule has 1 saturated heterocycles. The van der Waals surface area contributed by atoms with Gasteiger partial charge in [-0.05, 0) is 55.0 Å². The molecular formula is C29H33N5O4. The molecule has 0 atom stereocenters. The molecule has 2 amide bonds. The first-order chi connectivity index (χ1) is 18.5. The number of anilines is 1. The Balaban J connectivity index is 1.37. The van der Waals surface area contributed by atoms with Gasteiger partial charge in [-0.1, -0.05) is 18.2 Å². The zero-order chi connectivity index (χ0) is 26.9. The minimum Gasteiger partial charge on any atom is -0.497 e. The van der Waals surface area contributed by atoms with E-state index in [4.69, 9.17) is 9.47 Å². The fraction of sp³-hybridized carbons (Fsp3) is 0.310. The fourth-order valence-electron chi connectivity index (χ4n) is 4.38. The lowest BCUT2D eigenvalue weighted by Gasteiger charge is -2.26. The molecule has 0 saturated carbocycles. The van der Waals surface area contributed by atoms with Crippen LogP contribution in [0.5, 0.6) is 11.5 Å². The number of nitrogens with zero attached hydrogens (tertiary/aromatic N) is 5. The summed E-state index contributed by atoms with van der Waals surface area (Å²) in [5.74, 6) is 1.90. The molecule has 0 N–H and O–H groups in total. The molecule has 0 bridgehead atoms. The van der Waals surface area contributed by atoms with Gasteiger partial charge in [0.1, 0.15) is 18.0 Å². The minimum atomic E-state index is -0.219. The lowest BCUT2D eigenvalue weighted by Crippen LogP contribution is -2.44. The van der Waals surface area contributed by atoms with Gasteiger partial charge in [0.15, 0.2) is 5.82 Å². The van der Waals surface area contributed by atoms with Crippen LogP contribution in [0.2, 0.25) is 0 Å². The molecule has 1 aromatic heterocycles. The Kier molecular flexibility index (Phi) is 8.92. The number of rotatable bonds is 9. The lowest BCUT2D eigenvalue weighted by atomic mass is 10.1. The summed E-state index contributed by atoms with van der Waals surface area (Å²) < 4.78 is 10.5. The normalized spacial score (nSPS) is 13.4. The number of hydrogen-bond acceptors (Lipinski definition) is 7. The Hall–Kier alpha value is -4.40. The average Bonchev–Trinajstić information content (AvgIpc) is 3.23. The summed E-state index contributed by atoms with van der Waals surface area (Å²) in [5.41, 5.74) is 2.20. The molecule has 3 aromatic rings. The van der Waals surface area contributed by atoms with E-state index in [1.807, 2.05) is 41.3 Å². The van der Waals surface area contributed by atoms with Gasteiger partial charge in [-0.15, -0.1) is 16.8 Å². The molecule has 1 aliphatic rings. The molecule has 38 heavy (non-hydrogen) atoms. The summed E-state index contributed by atoms with van der Waals surface area (Å²) in [6.45, 7) is 6.57. The van der Waals surface area contributed by atoms with E-state index < -0.39 is 0 Å². The van der Waals surface area contributed by atoms with E-state index in [-0.39, 0.29) is 24.9 Å².